The molecule has 0 unspecified atom stereocenters. The number of benzene rings is 2. The lowest BCUT2D eigenvalue weighted by Gasteiger charge is -2.10. The number of aryl methyl sites for hydroxylation is 1. The first-order valence-electron chi connectivity index (χ1n) is 7.91. The molecule has 0 aliphatic carbocycles. The van der Waals surface area contributed by atoms with Crippen LogP contribution in [0, 0.1) is 0 Å². The maximum atomic E-state index is 10.6. The fourth-order valence-electron chi connectivity index (χ4n) is 2.46. The largest absolute Gasteiger partial charge is 0.496 e. The minimum absolute atomic E-state index is 0.169. The summed E-state index contributed by atoms with van der Waals surface area (Å²) < 4.78 is 5.33. The Hall–Kier alpha value is -2.04. The molecule has 0 spiro atoms. The van der Waals surface area contributed by atoms with Crippen LogP contribution in [0.1, 0.15) is 23.1 Å². The molecule has 5 heteroatoms. The van der Waals surface area contributed by atoms with Gasteiger partial charge in [-0.3, -0.25) is 4.79 Å². The summed E-state index contributed by atoms with van der Waals surface area (Å²) in [4.78, 5) is 10.6. The summed E-state index contributed by atoms with van der Waals surface area (Å²) >= 11 is 6.02. The van der Waals surface area contributed by atoms with Crippen LogP contribution in [0.2, 0.25) is 5.02 Å². The number of carboxylic acids is 1. The van der Waals surface area contributed by atoms with Crippen molar-refractivity contribution in [1.29, 1.82) is 0 Å². The standard InChI is InChI=1S/C19H22ClNO3/c1-24-18-8-7-17(20)12-16(18)13-21-11-10-15-4-2-14(3-5-15)6-9-19(22)23/h2-5,7-8,12,21H,6,9-11,13H2,1H3,(H,22,23). The third-order valence-electron chi connectivity index (χ3n) is 3.80. The van der Waals surface area contributed by atoms with Gasteiger partial charge < -0.3 is 15.2 Å². The van der Waals surface area contributed by atoms with Gasteiger partial charge in [0.15, 0.2) is 0 Å². The van der Waals surface area contributed by atoms with Crippen molar-refractivity contribution in [2.75, 3.05) is 13.7 Å². The Bertz CT molecular complexity index is 671. The molecule has 128 valence electrons. The van der Waals surface area contributed by atoms with Crippen molar-refractivity contribution >= 4 is 17.6 Å². The minimum Gasteiger partial charge on any atom is -0.496 e. The molecule has 0 heterocycles. The van der Waals surface area contributed by atoms with Gasteiger partial charge in [0.25, 0.3) is 0 Å². The molecule has 2 rings (SSSR count). The van der Waals surface area contributed by atoms with E-state index in [-0.39, 0.29) is 6.42 Å². The number of rotatable bonds is 9. The maximum Gasteiger partial charge on any atom is 0.303 e. The Labute approximate surface area is 147 Å². The normalized spacial score (nSPS) is 10.6. The Morgan fingerprint density at radius 2 is 1.79 bits per heavy atom. The van der Waals surface area contributed by atoms with E-state index in [2.05, 4.69) is 17.4 Å². The molecule has 2 N–H and O–H groups in total. The predicted molar refractivity (Wildman–Crippen MR) is 95.8 cm³/mol. The number of aliphatic carboxylic acids is 1. The van der Waals surface area contributed by atoms with Crippen molar-refractivity contribution in [3.63, 3.8) is 0 Å². The molecule has 0 fully saturated rings. The van der Waals surface area contributed by atoms with Gasteiger partial charge >= 0.3 is 5.97 Å². The second kappa shape index (κ2) is 9.30. The summed E-state index contributed by atoms with van der Waals surface area (Å²) in [5.74, 6) is 0.0643. The van der Waals surface area contributed by atoms with Gasteiger partial charge in [-0.25, -0.2) is 0 Å². The molecule has 2 aromatic rings. The van der Waals surface area contributed by atoms with E-state index in [0.29, 0.717) is 18.0 Å². The van der Waals surface area contributed by atoms with Gasteiger partial charge in [0.2, 0.25) is 0 Å². The molecule has 0 amide bonds. The SMILES string of the molecule is COc1ccc(Cl)cc1CNCCc1ccc(CCC(=O)O)cc1. The highest BCUT2D eigenvalue weighted by molar-refractivity contribution is 6.30. The van der Waals surface area contributed by atoms with Gasteiger partial charge in [-0.2, -0.15) is 0 Å². The first kappa shape index (κ1) is 18.3. The van der Waals surface area contributed by atoms with E-state index < -0.39 is 5.97 Å². The second-order valence-corrected chi connectivity index (χ2v) is 6.03. The zero-order chi connectivity index (χ0) is 17.4. The molecule has 0 radical (unpaired) electrons. The van der Waals surface area contributed by atoms with Gasteiger partial charge in [-0.1, -0.05) is 35.9 Å². The quantitative estimate of drug-likeness (QED) is 0.679. The number of carboxylic acid groups (broad SMARTS) is 1. The first-order chi connectivity index (χ1) is 11.6. The van der Waals surface area contributed by atoms with E-state index >= 15 is 0 Å². The summed E-state index contributed by atoms with van der Waals surface area (Å²) in [6.45, 7) is 1.53. The van der Waals surface area contributed by atoms with E-state index in [0.717, 1.165) is 29.8 Å². The lowest BCUT2D eigenvalue weighted by atomic mass is 10.1. The highest BCUT2D eigenvalue weighted by Crippen LogP contribution is 2.22. The third-order valence-corrected chi connectivity index (χ3v) is 4.03. The smallest absolute Gasteiger partial charge is 0.303 e. The summed E-state index contributed by atoms with van der Waals surface area (Å²) in [7, 11) is 1.65. The van der Waals surface area contributed by atoms with E-state index in [9.17, 15) is 4.79 Å². The Morgan fingerprint density at radius 3 is 2.42 bits per heavy atom. The summed E-state index contributed by atoms with van der Waals surface area (Å²) in [5, 5.41) is 12.8. The third kappa shape index (κ3) is 5.87. The fourth-order valence-corrected chi connectivity index (χ4v) is 2.66. The number of ether oxygens (including phenoxy) is 1. The lowest BCUT2D eigenvalue weighted by molar-refractivity contribution is -0.136. The molecule has 0 bridgehead atoms. The number of methoxy groups -OCH3 is 1. The number of hydrogen-bond donors (Lipinski definition) is 2. The van der Waals surface area contributed by atoms with Crippen LogP contribution < -0.4 is 10.1 Å². The molecular formula is C19H22ClNO3. The van der Waals surface area contributed by atoms with E-state index in [1.54, 1.807) is 7.11 Å². The van der Waals surface area contributed by atoms with Crippen LogP contribution in [0.5, 0.6) is 5.75 Å². The van der Waals surface area contributed by atoms with Gasteiger partial charge in [0.05, 0.1) is 7.11 Å². The number of hydrogen-bond acceptors (Lipinski definition) is 3. The van der Waals surface area contributed by atoms with Crippen molar-refractivity contribution in [3.8, 4) is 5.75 Å². The molecule has 4 nitrogen and oxygen atoms in total. The van der Waals surface area contributed by atoms with Gasteiger partial charge in [0, 0.05) is 23.6 Å². The van der Waals surface area contributed by atoms with Crippen molar-refractivity contribution in [1.82, 2.24) is 5.32 Å². The Kier molecular flexibility index (Phi) is 7.09. The zero-order valence-electron chi connectivity index (χ0n) is 13.7. The highest BCUT2D eigenvalue weighted by atomic mass is 35.5. The average molecular weight is 348 g/mol. The predicted octanol–water partition coefficient (Wildman–Crippen LogP) is 3.70. The molecule has 24 heavy (non-hydrogen) atoms. The van der Waals surface area contributed by atoms with E-state index in [1.807, 2.05) is 30.3 Å². The zero-order valence-corrected chi connectivity index (χ0v) is 14.5. The van der Waals surface area contributed by atoms with Gasteiger partial charge in [0.1, 0.15) is 5.75 Å². The van der Waals surface area contributed by atoms with Crippen molar-refractivity contribution in [2.45, 2.75) is 25.8 Å². The number of nitrogens with one attached hydrogen (secondary N) is 1. The summed E-state index contributed by atoms with van der Waals surface area (Å²) in [6, 6.07) is 13.7. The molecule has 0 aromatic heterocycles. The molecule has 0 aliphatic rings. The monoisotopic (exact) mass is 347 g/mol. The maximum absolute atomic E-state index is 10.6. The first-order valence-corrected chi connectivity index (χ1v) is 8.29. The highest BCUT2D eigenvalue weighted by Gasteiger charge is 2.04. The molecule has 0 atom stereocenters. The van der Waals surface area contributed by atoms with E-state index in [4.69, 9.17) is 21.4 Å². The van der Waals surface area contributed by atoms with Crippen molar-refractivity contribution in [3.05, 3.63) is 64.2 Å². The lowest BCUT2D eigenvalue weighted by Crippen LogP contribution is -2.17. The number of carbonyl (C=O) groups is 1. The van der Waals surface area contributed by atoms with Crippen LogP contribution >= 0.6 is 11.6 Å². The second-order valence-electron chi connectivity index (χ2n) is 5.59. The van der Waals surface area contributed by atoms with Gasteiger partial charge in [-0.15, -0.1) is 0 Å². The Balaban J connectivity index is 1.78. The van der Waals surface area contributed by atoms with E-state index in [1.165, 1.54) is 5.56 Å². The summed E-state index contributed by atoms with van der Waals surface area (Å²) in [5.41, 5.74) is 3.31. The molecular weight excluding hydrogens is 326 g/mol. The average Bonchev–Trinajstić information content (AvgIpc) is 2.58. The molecule has 0 saturated carbocycles. The fraction of sp³-hybridized carbons (Fsp3) is 0.316. The van der Waals surface area contributed by atoms with Crippen molar-refractivity contribution in [2.24, 2.45) is 0 Å². The molecule has 2 aromatic carbocycles. The van der Waals surface area contributed by atoms with Crippen molar-refractivity contribution < 1.29 is 14.6 Å². The molecule has 0 aliphatic heterocycles. The summed E-state index contributed by atoms with van der Waals surface area (Å²) in [6.07, 6.45) is 1.65. The van der Waals surface area contributed by atoms with Crippen LogP contribution in [0.15, 0.2) is 42.5 Å². The van der Waals surface area contributed by atoms with Crippen LogP contribution in [0.4, 0.5) is 0 Å². The number of halogens is 1. The van der Waals surface area contributed by atoms with Crippen LogP contribution in [-0.4, -0.2) is 24.7 Å². The Morgan fingerprint density at radius 1 is 1.12 bits per heavy atom. The van der Waals surface area contributed by atoms with Gasteiger partial charge in [-0.05, 0) is 48.7 Å². The van der Waals surface area contributed by atoms with Crippen LogP contribution in [0.25, 0.3) is 0 Å². The topological polar surface area (TPSA) is 58.6 Å². The minimum atomic E-state index is -0.764. The van der Waals surface area contributed by atoms with Crippen LogP contribution in [0.3, 0.4) is 0 Å². The van der Waals surface area contributed by atoms with Crippen LogP contribution in [-0.2, 0) is 24.2 Å². The molecule has 0 saturated heterocycles.